The number of alkyl halides is 3. The summed E-state index contributed by atoms with van der Waals surface area (Å²) in [5.41, 5.74) is -0.667. The number of aromatic nitrogens is 1. The van der Waals surface area contributed by atoms with Gasteiger partial charge in [0.1, 0.15) is 23.2 Å². The first-order valence-corrected chi connectivity index (χ1v) is 16.1. The zero-order chi connectivity index (χ0) is 34.1. The number of halogens is 4. The summed E-state index contributed by atoms with van der Waals surface area (Å²) in [6.45, 7) is 0. The number of oxime groups is 1. The molecule has 1 saturated heterocycles. The Balaban J connectivity index is 1.48. The van der Waals surface area contributed by atoms with E-state index in [1.54, 1.807) is 60.7 Å². The topological polar surface area (TPSA) is 180 Å². The molecule has 19 heteroatoms. The number of amides is 2. The van der Waals surface area contributed by atoms with Crippen molar-refractivity contribution >= 4 is 61.7 Å². The van der Waals surface area contributed by atoms with Crippen LogP contribution in [-0.2, 0) is 38.3 Å². The Bertz CT molecular complexity index is 1830. The third-order valence-electron chi connectivity index (χ3n) is 7.02. The highest BCUT2D eigenvalue weighted by Gasteiger charge is 2.57. The maximum atomic E-state index is 13.8. The Morgan fingerprint density at radius 2 is 1.72 bits per heavy atom. The molecule has 0 spiro atoms. The predicted octanol–water partition coefficient (Wildman–Crippen LogP) is 3.63. The molecule has 2 aliphatic heterocycles. The predicted molar refractivity (Wildman–Crippen MR) is 161 cm³/mol. The molecule has 1 aromatic heterocycles. The summed E-state index contributed by atoms with van der Waals surface area (Å²) in [7, 11) is -5.10. The number of benzene rings is 2. The molecule has 5 rings (SSSR count). The van der Waals surface area contributed by atoms with Gasteiger partial charge in [-0.2, -0.15) is 21.6 Å². The minimum absolute atomic E-state index is 0.000283. The van der Waals surface area contributed by atoms with E-state index in [4.69, 9.17) is 26.9 Å². The van der Waals surface area contributed by atoms with Crippen LogP contribution in [0.5, 0.6) is 0 Å². The number of hydrogen-bond acceptors (Lipinski definition) is 12. The maximum Gasteiger partial charge on any atom is 0.534 e. The van der Waals surface area contributed by atoms with Crippen molar-refractivity contribution in [3.63, 3.8) is 0 Å². The van der Waals surface area contributed by atoms with Crippen LogP contribution in [0.3, 0.4) is 0 Å². The van der Waals surface area contributed by atoms with Crippen molar-refractivity contribution in [1.82, 2.24) is 15.2 Å². The van der Waals surface area contributed by atoms with Crippen LogP contribution in [0.15, 0.2) is 77.3 Å². The van der Waals surface area contributed by atoms with Crippen LogP contribution in [0, 0.1) is 0 Å². The lowest BCUT2D eigenvalue weighted by Gasteiger charge is -2.49. The van der Waals surface area contributed by atoms with Gasteiger partial charge in [0, 0.05) is 6.42 Å². The number of rotatable bonds is 10. The fourth-order valence-corrected chi connectivity index (χ4v) is 6.43. The first-order valence-electron chi connectivity index (χ1n) is 13.5. The van der Waals surface area contributed by atoms with E-state index in [9.17, 15) is 36.0 Å². The number of thiazole rings is 1. The first kappa shape index (κ1) is 33.7. The van der Waals surface area contributed by atoms with E-state index in [0.29, 0.717) is 11.1 Å². The maximum absolute atomic E-state index is 13.8. The minimum Gasteiger partial charge on any atom is -0.448 e. The van der Waals surface area contributed by atoms with Crippen molar-refractivity contribution in [1.29, 1.82) is 0 Å². The van der Waals surface area contributed by atoms with E-state index >= 15 is 0 Å². The molecule has 13 nitrogen and oxygen atoms in total. The van der Waals surface area contributed by atoms with Crippen LogP contribution < -0.4 is 11.1 Å². The summed E-state index contributed by atoms with van der Waals surface area (Å²) < 4.78 is 74.1. The Hall–Kier alpha value is -4.68. The van der Waals surface area contributed by atoms with Crippen LogP contribution in [0.4, 0.5) is 18.3 Å². The summed E-state index contributed by atoms with van der Waals surface area (Å²) >= 11 is 6.96. The van der Waals surface area contributed by atoms with Crippen molar-refractivity contribution in [2.75, 3.05) is 12.8 Å². The normalized spacial score (nSPS) is 18.4. The Labute approximate surface area is 273 Å². The number of nitrogen functional groups attached to an aromatic ring is 1. The number of hydrogen-bond donors (Lipinski definition) is 2. The number of allylic oxidation sites excluding steroid dienone is 1. The van der Waals surface area contributed by atoms with Crippen LogP contribution >= 0.6 is 22.9 Å². The average Bonchev–Trinajstić information content (AvgIpc) is 3.37. The molecule has 0 radical (unpaired) electrons. The van der Waals surface area contributed by atoms with Gasteiger partial charge in [0.15, 0.2) is 28.4 Å². The summed E-state index contributed by atoms with van der Waals surface area (Å²) in [6.07, 6.45) is -1.87. The number of esters is 1. The molecule has 0 saturated carbocycles. The lowest BCUT2D eigenvalue weighted by Crippen LogP contribution is -2.72. The van der Waals surface area contributed by atoms with Gasteiger partial charge >= 0.3 is 21.6 Å². The first-order chi connectivity index (χ1) is 22.2. The van der Waals surface area contributed by atoms with Gasteiger partial charge < -0.3 is 24.8 Å². The lowest BCUT2D eigenvalue weighted by atomic mass is 9.85. The molecule has 2 aliphatic rings. The summed E-state index contributed by atoms with van der Waals surface area (Å²) in [4.78, 5) is 49.9. The smallest absolute Gasteiger partial charge is 0.448 e. The molecule has 3 N–H and O–H groups in total. The summed E-state index contributed by atoms with van der Waals surface area (Å²) in [5.74, 6) is -4.24. The van der Waals surface area contributed by atoms with E-state index in [-0.39, 0.29) is 21.6 Å². The second-order valence-corrected chi connectivity index (χ2v) is 13.1. The third kappa shape index (κ3) is 6.75. The Morgan fingerprint density at radius 1 is 1.13 bits per heavy atom. The van der Waals surface area contributed by atoms with Gasteiger partial charge in [0.05, 0.1) is 6.04 Å². The second kappa shape index (κ2) is 13.2. The number of fused-ring (bicyclic) bond motifs is 1. The highest BCUT2D eigenvalue weighted by atomic mass is 35.5. The van der Waals surface area contributed by atoms with E-state index in [1.807, 2.05) is 0 Å². The second-order valence-electron chi connectivity index (χ2n) is 9.92. The summed E-state index contributed by atoms with van der Waals surface area (Å²) in [6, 6.07) is 14.3. The fourth-order valence-electron chi connectivity index (χ4n) is 4.98. The van der Waals surface area contributed by atoms with Gasteiger partial charge in [-0.25, -0.2) is 9.78 Å². The van der Waals surface area contributed by atoms with Crippen LogP contribution in [0.1, 0.15) is 35.8 Å². The van der Waals surface area contributed by atoms with Crippen molar-refractivity contribution in [2.24, 2.45) is 5.16 Å². The van der Waals surface area contributed by atoms with Gasteiger partial charge in [-0.1, -0.05) is 88.8 Å². The molecule has 47 heavy (non-hydrogen) atoms. The molecule has 0 aliphatic carbocycles. The summed E-state index contributed by atoms with van der Waals surface area (Å²) in [5, 5.41) is 6.07. The Morgan fingerprint density at radius 3 is 2.23 bits per heavy atom. The molecular formula is C28H23ClF3N5O8S2. The molecule has 2 unspecified atom stereocenters. The van der Waals surface area contributed by atoms with Crippen LogP contribution in [-0.4, -0.2) is 66.5 Å². The number of nitrogens with one attached hydrogen (secondary N) is 1. The number of ether oxygens (including phenoxy) is 1. The van der Waals surface area contributed by atoms with Crippen molar-refractivity contribution in [2.45, 2.75) is 36.5 Å². The number of nitrogens with two attached hydrogens (primary N) is 1. The highest BCUT2D eigenvalue weighted by molar-refractivity contribution is 7.87. The average molecular weight is 714 g/mol. The number of carbonyl (C=O) groups excluding carboxylic acids is 3. The molecule has 3 aromatic rings. The molecule has 1 fully saturated rings. The zero-order valence-electron chi connectivity index (χ0n) is 23.9. The standard InChI is InChI=1S/C28H23ClF3N5O8S2/c1-43-36-20(19-23(29)46-27(33)35-19)24(38)34-18-16-12-13-17(45-47(41,42)28(30,31)32)21(37(16)25(18)39)26(40)44-22(14-8-4-2-5-9-14)15-10-6-3-7-11-15/h2-11,16,18,22H,12-13H2,1H3,(H2,33,35)(H,34,38). The number of carbonyl (C=O) groups is 3. The van der Waals surface area contributed by atoms with Crippen molar-refractivity contribution in [3.8, 4) is 0 Å². The van der Waals surface area contributed by atoms with Crippen LogP contribution in [0.25, 0.3) is 0 Å². The van der Waals surface area contributed by atoms with Gasteiger partial charge in [0.2, 0.25) is 0 Å². The van der Waals surface area contributed by atoms with E-state index in [0.717, 1.165) is 23.3 Å². The lowest BCUT2D eigenvalue weighted by molar-refractivity contribution is -0.159. The van der Waals surface area contributed by atoms with E-state index in [1.165, 1.54) is 0 Å². The number of nitrogens with zero attached hydrogens (tertiary/aromatic N) is 3. The van der Waals surface area contributed by atoms with Crippen molar-refractivity contribution < 1.29 is 49.7 Å². The molecular weight excluding hydrogens is 691 g/mol. The molecule has 2 amide bonds. The SMILES string of the molecule is CON=C(C(=O)NC1C(=O)N2C(C(=O)OC(c3ccccc3)c3ccccc3)=C(OS(=O)(=O)C(F)(F)F)CCC12)c1nc(N)sc1Cl. The van der Waals surface area contributed by atoms with Gasteiger partial charge in [-0.05, 0) is 17.5 Å². The fraction of sp³-hybridized carbons (Fsp3) is 0.250. The molecule has 0 bridgehead atoms. The van der Waals surface area contributed by atoms with Gasteiger partial charge in [-0.3, -0.25) is 14.5 Å². The minimum atomic E-state index is -6.25. The van der Waals surface area contributed by atoms with E-state index < -0.39 is 75.2 Å². The zero-order valence-corrected chi connectivity index (χ0v) is 26.3. The number of anilines is 1. The van der Waals surface area contributed by atoms with Gasteiger partial charge in [-0.15, -0.1) is 0 Å². The van der Waals surface area contributed by atoms with Gasteiger partial charge in [0.25, 0.3) is 11.8 Å². The van der Waals surface area contributed by atoms with E-state index in [2.05, 4.69) is 19.6 Å². The molecule has 248 valence electrons. The molecule has 3 heterocycles. The molecule has 2 atom stereocenters. The van der Waals surface area contributed by atoms with Crippen molar-refractivity contribution in [3.05, 3.63) is 93.3 Å². The Kier molecular flexibility index (Phi) is 9.46. The number of β-lactam (4-membered cyclic amide) rings is 1. The largest absolute Gasteiger partial charge is 0.534 e. The highest BCUT2D eigenvalue weighted by Crippen LogP contribution is 2.41. The molecule has 2 aromatic carbocycles. The monoisotopic (exact) mass is 713 g/mol. The van der Waals surface area contributed by atoms with Crippen LogP contribution in [0.2, 0.25) is 4.34 Å². The third-order valence-corrected chi connectivity index (χ3v) is 9.09. The quantitative estimate of drug-likeness (QED) is 0.0787.